The highest BCUT2D eigenvalue weighted by Crippen LogP contribution is 2.78. The van der Waals surface area contributed by atoms with Gasteiger partial charge in [0.05, 0.1) is 23.7 Å². The molecular weight excluding hydrogens is 684 g/mol. The molecule has 3 unspecified atom stereocenters. The van der Waals surface area contributed by atoms with Crippen LogP contribution in [-0.2, 0) is 47.6 Å². The fourth-order valence-electron chi connectivity index (χ4n) is 12.5. The molecule has 1 aromatic carbocycles. The third-order valence-electron chi connectivity index (χ3n) is 14.8. The number of ether oxygens (including phenoxy) is 6. The maximum atomic E-state index is 13.8. The largest absolute Gasteiger partial charge is 0.467 e. The second kappa shape index (κ2) is 12.2. The molecule has 1 N–H and O–H groups in total. The van der Waals surface area contributed by atoms with Gasteiger partial charge in [0.1, 0.15) is 24.9 Å². The summed E-state index contributed by atoms with van der Waals surface area (Å²) < 4.78 is 36.0. The van der Waals surface area contributed by atoms with E-state index in [1.54, 1.807) is 31.2 Å². The number of allylic oxidation sites excluding steroid dienone is 1. The molecule has 1 saturated heterocycles. The van der Waals surface area contributed by atoms with Crippen molar-refractivity contribution in [1.82, 2.24) is 0 Å². The minimum absolute atomic E-state index is 0.0147. The molecule has 2 heterocycles. The Morgan fingerprint density at radius 2 is 1.60 bits per heavy atom. The van der Waals surface area contributed by atoms with Gasteiger partial charge in [0.25, 0.3) is 0 Å². The molecule has 0 amide bonds. The summed E-state index contributed by atoms with van der Waals surface area (Å²) in [7, 11) is 1.24. The van der Waals surface area contributed by atoms with Gasteiger partial charge in [-0.25, -0.2) is 14.4 Å². The lowest BCUT2D eigenvalue weighted by atomic mass is 9.32. The molecule has 12 heteroatoms. The Morgan fingerprint density at radius 1 is 0.962 bits per heavy atom. The van der Waals surface area contributed by atoms with Crippen molar-refractivity contribution in [3.8, 4) is 0 Å². The number of fused-ring (bicyclic) bond motifs is 9. The van der Waals surface area contributed by atoms with Gasteiger partial charge in [-0.05, 0) is 80.4 Å². The topological polar surface area (TPSA) is 164 Å². The summed E-state index contributed by atoms with van der Waals surface area (Å²) in [5, 5.41) is 13.4. The minimum Gasteiger partial charge on any atom is -0.467 e. The van der Waals surface area contributed by atoms with Crippen LogP contribution in [0.2, 0.25) is 0 Å². The molecular formula is C41H50O12. The summed E-state index contributed by atoms with van der Waals surface area (Å²) in [6.45, 7) is 14.4. The summed E-state index contributed by atoms with van der Waals surface area (Å²) in [6.07, 6.45) is 1.34. The van der Waals surface area contributed by atoms with E-state index in [2.05, 4.69) is 13.5 Å². The van der Waals surface area contributed by atoms with Gasteiger partial charge in [-0.15, -0.1) is 0 Å². The van der Waals surface area contributed by atoms with Crippen LogP contribution < -0.4 is 0 Å². The number of benzene rings is 1. The van der Waals surface area contributed by atoms with Gasteiger partial charge in [-0.3, -0.25) is 9.59 Å². The van der Waals surface area contributed by atoms with Crippen molar-refractivity contribution in [3.63, 3.8) is 0 Å². The quantitative estimate of drug-likeness (QED) is 0.186. The first kappa shape index (κ1) is 37.3. The number of rotatable bonds is 6. The molecule has 0 radical (unpaired) electrons. The van der Waals surface area contributed by atoms with E-state index in [4.69, 9.17) is 28.4 Å². The zero-order chi connectivity index (χ0) is 38.5. The number of methoxy groups -OCH3 is 1. The van der Waals surface area contributed by atoms with Gasteiger partial charge in [0.15, 0.2) is 6.10 Å². The van der Waals surface area contributed by atoms with Gasteiger partial charge < -0.3 is 33.5 Å². The van der Waals surface area contributed by atoms with E-state index in [-0.39, 0.29) is 24.9 Å². The van der Waals surface area contributed by atoms with E-state index in [1.807, 2.05) is 26.0 Å². The molecule has 12 nitrogen and oxygen atoms in total. The summed E-state index contributed by atoms with van der Waals surface area (Å²) >= 11 is 0. The SMILES string of the molecule is C=C1C[C@@]2(O)C3CC[C@]4(C)C(CC[C@@]5(C(C)OC(=O)c6ccccc6)COC(=O)C=C[C@H]54)[C@@]3(C)[C@H](OC(C)=O)[C@H](OC(C)=O)[C@@]2(C)[C@]2(C(=O)OC)O[C@H]12. The highest BCUT2D eigenvalue weighted by atomic mass is 16.7. The smallest absolute Gasteiger partial charge is 0.342 e. The molecule has 0 spiro atoms. The number of cyclic esters (lactones) is 1. The van der Waals surface area contributed by atoms with E-state index in [0.29, 0.717) is 36.8 Å². The lowest BCUT2D eigenvalue weighted by Crippen LogP contribution is -2.82. The Hall–Kier alpha value is -4.03. The second-order valence-corrected chi connectivity index (χ2v) is 16.9. The molecule has 53 heavy (non-hydrogen) atoms. The van der Waals surface area contributed by atoms with Crippen LogP contribution in [-0.4, -0.2) is 84.3 Å². The van der Waals surface area contributed by atoms with E-state index in [0.717, 1.165) is 0 Å². The standard InChI is InChI=1S/C41H50O12/c1-22-20-40(47)29-16-18-36(5)27(17-19-39(21-49-30(44)15-14-28(36)39)23(2)50-34(45)26-12-10-9-11-13-26)37(29,6)32(51-24(3)42)33(52-25(4)43)38(40,7)41(31(22)53-41)35(46)48-8/h9-15,23,27-29,31-33,47H,1,16-21H2,2-8H3/t23?,27?,28-,29?,31+,32+,33-,36+,37+,38+,39-,40+,41-/m0/s1. The molecule has 5 fully saturated rings. The zero-order valence-electron chi connectivity index (χ0n) is 31.5. The highest BCUT2D eigenvalue weighted by molar-refractivity contribution is 5.89. The number of aliphatic hydroxyl groups is 1. The Labute approximate surface area is 309 Å². The Kier molecular flexibility index (Phi) is 8.62. The maximum absolute atomic E-state index is 13.8. The predicted octanol–water partition coefficient (Wildman–Crippen LogP) is 4.67. The second-order valence-electron chi connectivity index (χ2n) is 16.9. The molecule has 4 saturated carbocycles. The fourth-order valence-corrected chi connectivity index (χ4v) is 12.5. The summed E-state index contributed by atoms with van der Waals surface area (Å²) in [4.78, 5) is 66.3. The van der Waals surface area contributed by atoms with Crippen molar-refractivity contribution < 1.29 is 57.5 Å². The third kappa shape index (κ3) is 4.82. The van der Waals surface area contributed by atoms with Crippen LogP contribution in [0.1, 0.15) is 84.0 Å². The monoisotopic (exact) mass is 734 g/mol. The van der Waals surface area contributed by atoms with Crippen LogP contribution in [0.3, 0.4) is 0 Å². The van der Waals surface area contributed by atoms with E-state index in [1.165, 1.54) is 27.0 Å². The van der Waals surface area contributed by atoms with Crippen LogP contribution in [0.25, 0.3) is 0 Å². The first-order valence-corrected chi connectivity index (χ1v) is 18.5. The molecule has 286 valence electrons. The number of carbonyl (C=O) groups excluding carboxylic acids is 5. The third-order valence-corrected chi connectivity index (χ3v) is 14.8. The minimum atomic E-state index is -1.74. The highest BCUT2D eigenvalue weighted by Gasteiger charge is 2.90. The number of hydrogen-bond donors (Lipinski definition) is 1. The van der Waals surface area contributed by atoms with Gasteiger partial charge in [-0.2, -0.15) is 0 Å². The molecule has 0 bridgehead atoms. The molecule has 6 aliphatic rings. The molecule has 7 rings (SSSR count). The number of epoxide rings is 1. The van der Waals surface area contributed by atoms with Gasteiger partial charge >= 0.3 is 29.8 Å². The van der Waals surface area contributed by atoms with Crippen molar-refractivity contribution in [1.29, 1.82) is 0 Å². The maximum Gasteiger partial charge on any atom is 0.342 e. The lowest BCUT2D eigenvalue weighted by molar-refractivity contribution is -0.336. The average molecular weight is 735 g/mol. The van der Waals surface area contributed by atoms with E-state index < -0.39 is 93.0 Å². The molecule has 0 aromatic heterocycles. The Balaban J connectivity index is 1.38. The van der Waals surface area contributed by atoms with E-state index >= 15 is 0 Å². The van der Waals surface area contributed by atoms with Crippen molar-refractivity contribution >= 4 is 29.8 Å². The van der Waals surface area contributed by atoms with Gasteiger partial charge in [0.2, 0.25) is 5.60 Å². The Bertz CT molecular complexity index is 1790. The number of hydrogen-bond acceptors (Lipinski definition) is 12. The molecule has 1 aromatic rings. The van der Waals surface area contributed by atoms with Crippen LogP contribution >= 0.6 is 0 Å². The molecule has 2 aliphatic heterocycles. The molecule has 4 aliphatic carbocycles. The van der Waals surface area contributed by atoms with Crippen molar-refractivity contribution in [3.05, 3.63) is 60.2 Å². The zero-order valence-corrected chi connectivity index (χ0v) is 31.5. The van der Waals surface area contributed by atoms with Crippen LogP contribution in [0.5, 0.6) is 0 Å². The number of carbonyl (C=O) groups is 5. The predicted molar refractivity (Wildman–Crippen MR) is 187 cm³/mol. The average Bonchev–Trinajstić information content (AvgIpc) is 3.90. The fraction of sp³-hybridized carbons (Fsp3) is 0.634. The van der Waals surface area contributed by atoms with Crippen LogP contribution in [0.4, 0.5) is 0 Å². The summed E-state index contributed by atoms with van der Waals surface area (Å²) in [6, 6.07) is 8.72. The molecule has 13 atom stereocenters. The Morgan fingerprint density at radius 3 is 2.25 bits per heavy atom. The van der Waals surface area contributed by atoms with Crippen molar-refractivity contribution in [2.75, 3.05) is 13.7 Å². The summed E-state index contributed by atoms with van der Waals surface area (Å²) in [5.41, 5.74) is -6.69. The van der Waals surface area contributed by atoms with E-state index in [9.17, 15) is 29.1 Å². The van der Waals surface area contributed by atoms with Crippen LogP contribution in [0.15, 0.2) is 54.6 Å². The first-order chi connectivity index (χ1) is 24.9. The van der Waals surface area contributed by atoms with Crippen molar-refractivity contribution in [2.24, 2.45) is 39.4 Å². The van der Waals surface area contributed by atoms with Gasteiger partial charge in [0, 0.05) is 37.2 Å². The number of esters is 5. The van der Waals surface area contributed by atoms with Gasteiger partial charge in [-0.1, -0.05) is 44.7 Å². The lowest BCUT2D eigenvalue weighted by Gasteiger charge is -2.73. The van der Waals surface area contributed by atoms with Crippen LogP contribution in [0, 0.1) is 39.4 Å². The summed E-state index contributed by atoms with van der Waals surface area (Å²) in [5.74, 6) is -4.30. The first-order valence-electron chi connectivity index (χ1n) is 18.5. The normalized spacial score (nSPS) is 44.2. The van der Waals surface area contributed by atoms with Crippen molar-refractivity contribution in [2.45, 2.75) is 109 Å².